The lowest BCUT2D eigenvalue weighted by molar-refractivity contribution is -0.137. The van der Waals surface area contributed by atoms with Gasteiger partial charge in [-0.25, -0.2) is 0 Å². The lowest BCUT2D eigenvalue weighted by Crippen LogP contribution is -2.20. The first-order chi connectivity index (χ1) is 11.8. The highest BCUT2D eigenvalue weighted by Crippen LogP contribution is 2.29. The van der Waals surface area contributed by atoms with Crippen LogP contribution in [0.2, 0.25) is 0 Å². The van der Waals surface area contributed by atoms with Gasteiger partial charge in [0.2, 0.25) is 5.91 Å². The lowest BCUT2D eigenvalue weighted by Gasteiger charge is -2.08. The molecular weight excluding hydrogens is 337 g/mol. The number of nitrogens with one attached hydrogen (secondary N) is 2. The molecule has 0 saturated carbocycles. The fourth-order valence-corrected chi connectivity index (χ4v) is 1.99. The maximum Gasteiger partial charge on any atom is 0.417 e. The number of amides is 1. The zero-order valence-corrected chi connectivity index (χ0v) is 13.2. The van der Waals surface area contributed by atoms with Gasteiger partial charge in [-0.2, -0.15) is 13.2 Å². The van der Waals surface area contributed by atoms with Gasteiger partial charge in [0.25, 0.3) is 5.56 Å². The van der Waals surface area contributed by atoms with E-state index in [2.05, 4.69) is 5.32 Å². The number of pyridine rings is 1. The first kappa shape index (κ1) is 18.3. The molecule has 1 heterocycles. The van der Waals surface area contributed by atoms with E-state index in [0.29, 0.717) is 30.2 Å². The first-order valence-corrected chi connectivity index (χ1v) is 7.32. The van der Waals surface area contributed by atoms with Crippen molar-refractivity contribution >= 4 is 17.7 Å². The summed E-state index contributed by atoms with van der Waals surface area (Å²) in [4.78, 5) is 25.4. The summed E-state index contributed by atoms with van der Waals surface area (Å²) in [6.45, 7) is 2.25. The van der Waals surface area contributed by atoms with Gasteiger partial charge in [-0.05, 0) is 25.1 Å². The van der Waals surface area contributed by atoms with Crippen LogP contribution < -0.4 is 15.6 Å². The molecule has 25 heavy (non-hydrogen) atoms. The summed E-state index contributed by atoms with van der Waals surface area (Å²) < 4.78 is 43.4. The van der Waals surface area contributed by atoms with E-state index in [0.717, 1.165) is 6.08 Å². The Morgan fingerprint density at radius 2 is 2.04 bits per heavy atom. The van der Waals surface area contributed by atoms with E-state index < -0.39 is 28.9 Å². The minimum absolute atomic E-state index is 0.441. The molecule has 0 aliphatic carbocycles. The predicted molar refractivity (Wildman–Crippen MR) is 87.3 cm³/mol. The fraction of sp³-hybridized carbons (Fsp3) is 0.176. The van der Waals surface area contributed by atoms with Crippen molar-refractivity contribution in [2.45, 2.75) is 13.1 Å². The Morgan fingerprint density at radius 1 is 1.32 bits per heavy atom. The number of hydrogen-bond acceptors (Lipinski definition) is 3. The molecule has 0 aliphatic heterocycles. The summed E-state index contributed by atoms with van der Waals surface area (Å²) in [7, 11) is 0. The molecule has 0 bridgehead atoms. The van der Waals surface area contributed by atoms with Gasteiger partial charge >= 0.3 is 6.18 Å². The van der Waals surface area contributed by atoms with E-state index in [1.54, 1.807) is 24.3 Å². The number of carbonyl (C=O) groups excluding carboxylic acids is 1. The molecule has 5 nitrogen and oxygen atoms in total. The zero-order valence-electron chi connectivity index (χ0n) is 13.2. The van der Waals surface area contributed by atoms with Crippen molar-refractivity contribution in [2.75, 3.05) is 11.9 Å². The molecule has 2 N–H and O–H groups in total. The molecule has 0 unspecified atom stereocenters. The van der Waals surface area contributed by atoms with Crippen molar-refractivity contribution in [3.63, 3.8) is 0 Å². The number of benzene rings is 1. The average Bonchev–Trinajstić information content (AvgIpc) is 2.55. The second kappa shape index (κ2) is 7.69. The van der Waals surface area contributed by atoms with E-state index >= 15 is 0 Å². The Labute approximate surface area is 141 Å². The molecule has 0 atom stereocenters. The number of H-pyrrole nitrogens is 1. The average molecular weight is 352 g/mol. The van der Waals surface area contributed by atoms with Gasteiger partial charge in [-0.15, -0.1) is 0 Å². The van der Waals surface area contributed by atoms with E-state index in [9.17, 15) is 22.8 Å². The summed E-state index contributed by atoms with van der Waals surface area (Å²) in [5.41, 5.74) is -1.75. The van der Waals surface area contributed by atoms with Gasteiger partial charge in [0.05, 0.1) is 12.2 Å². The number of halogens is 3. The van der Waals surface area contributed by atoms with Crippen LogP contribution in [0.25, 0.3) is 6.08 Å². The third-order valence-corrected chi connectivity index (χ3v) is 3.12. The summed E-state index contributed by atoms with van der Waals surface area (Å²) in [5.74, 6) is -0.179. The van der Waals surface area contributed by atoms with E-state index in [1.807, 2.05) is 11.9 Å². The van der Waals surface area contributed by atoms with Crippen LogP contribution in [0.5, 0.6) is 5.75 Å². The second-order valence-electron chi connectivity index (χ2n) is 4.92. The highest BCUT2D eigenvalue weighted by molar-refractivity contribution is 6.02. The molecule has 1 amide bonds. The van der Waals surface area contributed by atoms with Crippen molar-refractivity contribution < 1.29 is 22.7 Å². The van der Waals surface area contributed by atoms with E-state index in [-0.39, 0.29) is 0 Å². The molecule has 1 aromatic heterocycles. The van der Waals surface area contributed by atoms with Crippen LogP contribution in [0.3, 0.4) is 0 Å². The zero-order chi connectivity index (χ0) is 18.4. The number of aromatic amines is 1. The van der Waals surface area contributed by atoms with Crippen LogP contribution in [-0.4, -0.2) is 17.5 Å². The fourth-order valence-electron chi connectivity index (χ4n) is 1.99. The summed E-state index contributed by atoms with van der Waals surface area (Å²) in [5, 5.41) is 2.13. The first-order valence-electron chi connectivity index (χ1n) is 7.32. The van der Waals surface area contributed by atoms with Crippen LogP contribution in [0.1, 0.15) is 18.1 Å². The minimum Gasteiger partial charge on any atom is -0.493 e. The Balaban J connectivity index is 2.17. The van der Waals surface area contributed by atoms with Crippen LogP contribution >= 0.6 is 0 Å². The van der Waals surface area contributed by atoms with Crippen molar-refractivity contribution in [1.29, 1.82) is 0 Å². The molecule has 8 heteroatoms. The van der Waals surface area contributed by atoms with Gasteiger partial charge in [-0.3, -0.25) is 9.59 Å². The number of alkyl halides is 3. The van der Waals surface area contributed by atoms with Crippen LogP contribution in [0.4, 0.5) is 18.9 Å². The van der Waals surface area contributed by atoms with Gasteiger partial charge in [0.15, 0.2) is 0 Å². The third-order valence-electron chi connectivity index (χ3n) is 3.12. The lowest BCUT2D eigenvalue weighted by atomic mass is 10.2. The number of para-hydroxylation sites is 1. The highest BCUT2D eigenvalue weighted by Gasteiger charge is 2.31. The monoisotopic (exact) mass is 352 g/mol. The smallest absolute Gasteiger partial charge is 0.417 e. The highest BCUT2D eigenvalue weighted by atomic mass is 19.4. The third kappa shape index (κ3) is 4.97. The molecule has 0 saturated heterocycles. The Bertz CT molecular complexity index is 842. The van der Waals surface area contributed by atoms with Crippen LogP contribution in [0, 0.1) is 0 Å². The molecule has 0 spiro atoms. The maximum absolute atomic E-state index is 12.7. The summed E-state index contributed by atoms with van der Waals surface area (Å²) in [6, 6.07) is 7.53. The number of hydrogen-bond donors (Lipinski definition) is 2. The van der Waals surface area contributed by atoms with Crippen molar-refractivity contribution in [3.05, 3.63) is 64.1 Å². The van der Waals surface area contributed by atoms with Crippen LogP contribution in [-0.2, 0) is 11.0 Å². The van der Waals surface area contributed by atoms with Gasteiger partial charge in [-0.1, -0.05) is 18.2 Å². The number of ether oxygens (including phenoxy) is 1. The Morgan fingerprint density at radius 3 is 2.72 bits per heavy atom. The second-order valence-corrected chi connectivity index (χ2v) is 4.92. The molecule has 0 aliphatic rings. The Hall–Kier alpha value is -3.03. The molecule has 1 aromatic carbocycles. The summed E-state index contributed by atoms with van der Waals surface area (Å²) in [6.07, 6.45) is -1.53. The minimum atomic E-state index is -4.63. The van der Waals surface area contributed by atoms with Gasteiger partial charge in [0.1, 0.15) is 11.4 Å². The molecule has 0 radical (unpaired) electrons. The maximum atomic E-state index is 12.7. The van der Waals surface area contributed by atoms with E-state index in [4.69, 9.17) is 4.74 Å². The van der Waals surface area contributed by atoms with E-state index in [1.165, 1.54) is 6.08 Å². The number of rotatable bonds is 5. The van der Waals surface area contributed by atoms with Crippen LogP contribution in [0.15, 0.2) is 47.4 Å². The molecule has 2 rings (SSSR count). The molecule has 132 valence electrons. The summed E-state index contributed by atoms with van der Waals surface area (Å²) >= 11 is 0. The van der Waals surface area contributed by atoms with Crippen molar-refractivity contribution in [1.82, 2.24) is 4.98 Å². The standard InChI is InChI=1S/C17H15F3N2O3/c1-2-25-14-6-4-3-5-11(14)7-8-15(23)22-13-9-12(17(18,19)20)10-21-16(13)24/h3-10H,2H2,1H3,(H,21,24)(H,22,23)/b8-7+. The number of anilines is 1. The molecule has 2 aromatic rings. The topological polar surface area (TPSA) is 71.2 Å². The molecular formula is C17H15F3N2O3. The van der Waals surface area contributed by atoms with Crippen molar-refractivity contribution in [2.24, 2.45) is 0 Å². The predicted octanol–water partition coefficient (Wildman–Crippen LogP) is 3.44. The molecule has 0 fully saturated rings. The number of carbonyl (C=O) groups is 1. The quantitative estimate of drug-likeness (QED) is 0.810. The largest absolute Gasteiger partial charge is 0.493 e. The normalized spacial score (nSPS) is 11.5. The van der Waals surface area contributed by atoms with Crippen molar-refractivity contribution in [3.8, 4) is 5.75 Å². The number of aromatic nitrogens is 1. The SMILES string of the molecule is CCOc1ccccc1/C=C/C(=O)Nc1cc(C(F)(F)F)c[nH]c1=O. The van der Waals surface area contributed by atoms with Gasteiger partial charge in [0, 0.05) is 17.8 Å². The van der Waals surface area contributed by atoms with Gasteiger partial charge < -0.3 is 15.0 Å². The Kier molecular flexibility index (Phi) is 5.63.